The quantitative estimate of drug-likeness (QED) is 0.687. The molecule has 13 heavy (non-hydrogen) atoms. The molecule has 72 valence electrons. The fourth-order valence-corrected chi connectivity index (χ4v) is 1.18. The molecule has 0 saturated heterocycles. The molecule has 1 aromatic heterocycles. The van der Waals surface area contributed by atoms with Gasteiger partial charge in [-0.2, -0.15) is 0 Å². The molecule has 1 heterocycles. The summed E-state index contributed by atoms with van der Waals surface area (Å²) in [5.41, 5.74) is 0. The number of pyridine rings is 1. The molecule has 1 aromatic rings. The van der Waals surface area contributed by atoms with E-state index in [0.717, 1.165) is 25.5 Å². The Morgan fingerprint density at radius 2 is 2.31 bits per heavy atom. The standard InChI is InChI=1S/C10H16N2O/c1-3-12(8-9-13-2)10-6-4-5-7-11-10/h4-7H,3,8-9H2,1-2H3. The summed E-state index contributed by atoms with van der Waals surface area (Å²) in [5.74, 6) is 1.02. The third kappa shape index (κ3) is 3.03. The minimum absolute atomic E-state index is 0.740. The molecule has 0 bridgehead atoms. The molecule has 0 aliphatic carbocycles. The lowest BCUT2D eigenvalue weighted by Gasteiger charge is -2.20. The van der Waals surface area contributed by atoms with Crippen LogP contribution in [0.1, 0.15) is 6.92 Å². The highest BCUT2D eigenvalue weighted by Crippen LogP contribution is 2.07. The summed E-state index contributed by atoms with van der Waals surface area (Å²) in [6.45, 7) is 4.71. The van der Waals surface area contributed by atoms with Crippen LogP contribution < -0.4 is 4.90 Å². The largest absolute Gasteiger partial charge is 0.383 e. The molecule has 0 aliphatic heterocycles. The number of nitrogens with zero attached hydrogens (tertiary/aromatic N) is 2. The first-order valence-electron chi connectivity index (χ1n) is 4.53. The Morgan fingerprint density at radius 1 is 1.46 bits per heavy atom. The van der Waals surface area contributed by atoms with Crippen molar-refractivity contribution >= 4 is 5.82 Å². The van der Waals surface area contributed by atoms with Gasteiger partial charge in [-0.3, -0.25) is 0 Å². The Labute approximate surface area is 79.3 Å². The monoisotopic (exact) mass is 180 g/mol. The number of rotatable bonds is 5. The molecule has 3 heteroatoms. The van der Waals surface area contributed by atoms with Gasteiger partial charge in [-0.25, -0.2) is 4.98 Å². The van der Waals surface area contributed by atoms with Gasteiger partial charge >= 0.3 is 0 Å². The third-order valence-electron chi connectivity index (χ3n) is 1.92. The highest BCUT2D eigenvalue weighted by atomic mass is 16.5. The van der Waals surface area contributed by atoms with Crippen LogP contribution in [0.15, 0.2) is 24.4 Å². The van der Waals surface area contributed by atoms with Crippen LogP contribution in [0.4, 0.5) is 5.82 Å². The van der Waals surface area contributed by atoms with Crippen molar-refractivity contribution in [2.75, 3.05) is 31.7 Å². The molecule has 0 amide bonds. The van der Waals surface area contributed by atoms with Gasteiger partial charge in [0.2, 0.25) is 0 Å². The minimum atomic E-state index is 0.740. The summed E-state index contributed by atoms with van der Waals surface area (Å²) in [4.78, 5) is 6.46. The van der Waals surface area contributed by atoms with Crippen LogP contribution >= 0.6 is 0 Å². The molecule has 0 unspecified atom stereocenters. The number of ether oxygens (including phenoxy) is 1. The topological polar surface area (TPSA) is 25.4 Å². The fourth-order valence-electron chi connectivity index (χ4n) is 1.18. The molecule has 1 rings (SSSR count). The van der Waals surface area contributed by atoms with Crippen LogP contribution in [0, 0.1) is 0 Å². The molecule has 0 saturated carbocycles. The average molecular weight is 180 g/mol. The molecular formula is C10H16N2O. The Balaban J connectivity index is 2.56. The summed E-state index contributed by atoms with van der Waals surface area (Å²) in [7, 11) is 1.71. The molecule has 0 atom stereocenters. The molecule has 0 fully saturated rings. The maximum atomic E-state index is 5.03. The summed E-state index contributed by atoms with van der Waals surface area (Å²) in [6.07, 6.45) is 1.81. The van der Waals surface area contributed by atoms with Gasteiger partial charge in [0.15, 0.2) is 0 Å². The van der Waals surface area contributed by atoms with Crippen LogP contribution in [0.2, 0.25) is 0 Å². The minimum Gasteiger partial charge on any atom is -0.383 e. The van der Waals surface area contributed by atoms with E-state index >= 15 is 0 Å². The average Bonchev–Trinajstić information content (AvgIpc) is 2.21. The second-order valence-corrected chi connectivity index (χ2v) is 2.76. The number of aromatic nitrogens is 1. The van der Waals surface area contributed by atoms with E-state index in [2.05, 4.69) is 16.8 Å². The van der Waals surface area contributed by atoms with E-state index in [4.69, 9.17) is 4.74 Å². The number of anilines is 1. The van der Waals surface area contributed by atoms with E-state index in [1.54, 1.807) is 7.11 Å². The number of hydrogen-bond acceptors (Lipinski definition) is 3. The van der Waals surface area contributed by atoms with Crippen LogP contribution in [-0.2, 0) is 4.74 Å². The van der Waals surface area contributed by atoms with Gasteiger partial charge in [0, 0.05) is 26.4 Å². The lowest BCUT2D eigenvalue weighted by molar-refractivity contribution is 0.205. The molecular weight excluding hydrogens is 164 g/mol. The molecule has 0 aromatic carbocycles. The van der Waals surface area contributed by atoms with Crippen molar-refractivity contribution in [3.05, 3.63) is 24.4 Å². The number of likely N-dealkylation sites (N-methyl/N-ethyl adjacent to an activating group) is 1. The Morgan fingerprint density at radius 3 is 2.85 bits per heavy atom. The van der Waals surface area contributed by atoms with Crippen molar-refractivity contribution in [3.63, 3.8) is 0 Å². The highest BCUT2D eigenvalue weighted by molar-refractivity contribution is 5.37. The first-order chi connectivity index (χ1) is 6.38. The maximum Gasteiger partial charge on any atom is 0.128 e. The second kappa shape index (κ2) is 5.54. The van der Waals surface area contributed by atoms with Gasteiger partial charge in [-0.1, -0.05) is 6.07 Å². The molecule has 0 aliphatic rings. The van der Waals surface area contributed by atoms with E-state index in [0.29, 0.717) is 0 Å². The number of hydrogen-bond donors (Lipinski definition) is 0. The van der Waals surface area contributed by atoms with E-state index in [1.807, 2.05) is 24.4 Å². The summed E-state index contributed by atoms with van der Waals surface area (Å²) < 4.78 is 5.03. The maximum absolute atomic E-state index is 5.03. The molecule has 0 N–H and O–H groups in total. The van der Waals surface area contributed by atoms with Crippen molar-refractivity contribution in [1.29, 1.82) is 0 Å². The zero-order chi connectivity index (χ0) is 9.52. The number of methoxy groups -OCH3 is 1. The van der Waals surface area contributed by atoms with Crippen molar-refractivity contribution in [2.24, 2.45) is 0 Å². The Bertz CT molecular complexity index is 226. The third-order valence-corrected chi connectivity index (χ3v) is 1.92. The Kier molecular flexibility index (Phi) is 4.26. The van der Waals surface area contributed by atoms with E-state index in [1.165, 1.54) is 0 Å². The van der Waals surface area contributed by atoms with Crippen LogP contribution in [0.25, 0.3) is 0 Å². The smallest absolute Gasteiger partial charge is 0.128 e. The van der Waals surface area contributed by atoms with Crippen LogP contribution in [0.3, 0.4) is 0 Å². The first kappa shape index (κ1) is 9.99. The summed E-state index contributed by atoms with van der Waals surface area (Å²) in [6, 6.07) is 5.94. The SMILES string of the molecule is CCN(CCOC)c1ccccn1. The highest BCUT2D eigenvalue weighted by Gasteiger charge is 2.02. The van der Waals surface area contributed by atoms with Crippen molar-refractivity contribution < 1.29 is 4.74 Å². The molecule has 3 nitrogen and oxygen atoms in total. The Hall–Kier alpha value is -1.09. The van der Waals surface area contributed by atoms with Gasteiger partial charge in [-0.15, -0.1) is 0 Å². The van der Waals surface area contributed by atoms with E-state index in [-0.39, 0.29) is 0 Å². The predicted molar refractivity (Wildman–Crippen MR) is 54.0 cm³/mol. The lowest BCUT2D eigenvalue weighted by atomic mass is 10.4. The van der Waals surface area contributed by atoms with Gasteiger partial charge < -0.3 is 9.64 Å². The fraction of sp³-hybridized carbons (Fsp3) is 0.500. The predicted octanol–water partition coefficient (Wildman–Crippen LogP) is 1.55. The van der Waals surface area contributed by atoms with Crippen molar-refractivity contribution in [1.82, 2.24) is 4.98 Å². The zero-order valence-corrected chi connectivity index (χ0v) is 8.23. The van der Waals surface area contributed by atoms with Crippen LogP contribution in [-0.4, -0.2) is 31.8 Å². The molecule has 0 radical (unpaired) electrons. The van der Waals surface area contributed by atoms with Gasteiger partial charge in [0.1, 0.15) is 5.82 Å². The normalized spacial score (nSPS) is 10.0. The first-order valence-corrected chi connectivity index (χ1v) is 4.53. The summed E-state index contributed by atoms with van der Waals surface area (Å²) in [5, 5.41) is 0. The molecule has 0 spiro atoms. The van der Waals surface area contributed by atoms with E-state index < -0.39 is 0 Å². The van der Waals surface area contributed by atoms with Crippen molar-refractivity contribution in [2.45, 2.75) is 6.92 Å². The van der Waals surface area contributed by atoms with E-state index in [9.17, 15) is 0 Å². The van der Waals surface area contributed by atoms with Gasteiger partial charge in [-0.05, 0) is 19.1 Å². The lowest BCUT2D eigenvalue weighted by Crippen LogP contribution is -2.27. The van der Waals surface area contributed by atoms with Gasteiger partial charge in [0.25, 0.3) is 0 Å². The van der Waals surface area contributed by atoms with Gasteiger partial charge in [0.05, 0.1) is 6.61 Å². The summed E-state index contributed by atoms with van der Waals surface area (Å²) >= 11 is 0. The second-order valence-electron chi connectivity index (χ2n) is 2.76. The zero-order valence-electron chi connectivity index (χ0n) is 8.23. The van der Waals surface area contributed by atoms with Crippen LogP contribution in [0.5, 0.6) is 0 Å². The van der Waals surface area contributed by atoms with Crippen molar-refractivity contribution in [3.8, 4) is 0 Å².